The van der Waals surface area contributed by atoms with E-state index in [0.29, 0.717) is 39.3 Å². The van der Waals surface area contributed by atoms with E-state index < -0.39 is 0 Å². The second-order valence-corrected chi connectivity index (χ2v) is 6.47. The predicted octanol–water partition coefficient (Wildman–Crippen LogP) is 5.06. The number of carbonyl (C=O) groups is 1. The standard InChI is InChI=1S/C21H20ClN3O3/c1-13-10-15(22)5-7-17(13)25-21(26)14-4-9-20(23-12-14)24-18-11-16(27-2)6-8-19(18)28-3/h4-12H,1-3H3,(H,23,24)(H,25,26). The molecule has 2 aromatic carbocycles. The van der Waals surface area contributed by atoms with Crippen molar-refractivity contribution in [2.24, 2.45) is 0 Å². The Morgan fingerprint density at radius 3 is 2.46 bits per heavy atom. The first-order chi connectivity index (χ1) is 13.5. The topological polar surface area (TPSA) is 72.5 Å². The number of anilines is 3. The van der Waals surface area contributed by atoms with Crippen molar-refractivity contribution in [3.05, 3.63) is 70.9 Å². The van der Waals surface area contributed by atoms with Gasteiger partial charge in [-0.05, 0) is 55.0 Å². The summed E-state index contributed by atoms with van der Waals surface area (Å²) in [4.78, 5) is 16.8. The average Bonchev–Trinajstić information content (AvgIpc) is 2.70. The van der Waals surface area contributed by atoms with Crippen LogP contribution in [0.25, 0.3) is 0 Å². The fourth-order valence-corrected chi connectivity index (χ4v) is 2.84. The molecular weight excluding hydrogens is 378 g/mol. The van der Waals surface area contributed by atoms with Crippen molar-refractivity contribution < 1.29 is 14.3 Å². The summed E-state index contributed by atoms with van der Waals surface area (Å²) in [6.07, 6.45) is 1.51. The molecule has 0 unspecified atom stereocenters. The largest absolute Gasteiger partial charge is 0.497 e. The molecule has 0 aliphatic heterocycles. The van der Waals surface area contributed by atoms with Crippen molar-refractivity contribution in [2.45, 2.75) is 6.92 Å². The number of nitrogens with zero attached hydrogens (tertiary/aromatic N) is 1. The maximum atomic E-state index is 12.5. The van der Waals surface area contributed by atoms with Crippen molar-refractivity contribution in [3.8, 4) is 11.5 Å². The molecule has 1 heterocycles. The number of rotatable bonds is 6. The van der Waals surface area contributed by atoms with Crippen LogP contribution in [0.2, 0.25) is 5.02 Å². The smallest absolute Gasteiger partial charge is 0.257 e. The highest BCUT2D eigenvalue weighted by Crippen LogP contribution is 2.31. The van der Waals surface area contributed by atoms with Crippen LogP contribution in [-0.2, 0) is 0 Å². The van der Waals surface area contributed by atoms with Gasteiger partial charge in [-0.2, -0.15) is 0 Å². The molecule has 144 valence electrons. The van der Waals surface area contributed by atoms with Gasteiger partial charge in [0.15, 0.2) is 0 Å². The molecule has 3 aromatic rings. The molecule has 7 heteroatoms. The highest BCUT2D eigenvalue weighted by Gasteiger charge is 2.10. The van der Waals surface area contributed by atoms with Gasteiger partial charge in [0.1, 0.15) is 17.3 Å². The summed E-state index contributed by atoms with van der Waals surface area (Å²) in [5.41, 5.74) is 2.75. The van der Waals surface area contributed by atoms with E-state index in [4.69, 9.17) is 21.1 Å². The molecule has 1 aromatic heterocycles. The third-order valence-electron chi connectivity index (χ3n) is 4.13. The Balaban J connectivity index is 1.74. The Labute approximate surface area is 168 Å². The molecule has 28 heavy (non-hydrogen) atoms. The second-order valence-electron chi connectivity index (χ2n) is 6.04. The highest BCUT2D eigenvalue weighted by molar-refractivity contribution is 6.30. The number of halogens is 1. The molecule has 0 saturated heterocycles. The fourth-order valence-electron chi connectivity index (χ4n) is 2.61. The van der Waals surface area contributed by atoms with E-state index in [1.54, 1.807) is 50.6 Å². The van der Waals surface area contributed by atoms with Gasteiger partial charge in [-0.25, -0.2) is 4.98 Å². The second kappa shape index (κ2) is 8.63. The van der Waals surface area contributed by atoms with Gasteiger partial charge in [0, 0.05) is 23.0 Å². The quantitative estimate of drug-likeness (QED) is 0.608. The summed E-state index contributed by atoms with van der Waals surface area (Å²) in [7, 11) is 3.19. The van der Waals surface area contributed by atoms with Crippen LogP contribution in [0.3, 0.4) is 0 Å². The Kier molecular flexibility index (Phi) is 6.01. The molecule has 0 fully saturated rings. The van der Waals surface area contributed by atoms with Crippen LogP contribution in [0.1, 0.15) is 15.9 Å². The highest BCUT2D eigenvalue weighted by atomic mass is 35.5. The number of hydrogen-bond acceptors (Lipinski definition) is 5. The molecule has 0 radical (unpaired) electrons. The van der Waals surface area contributed by atoms with E-state index in [-0.39, 0.29) is 5.91 Å². The Morgan fingerprint density at radius 2 is 1.82 bits per heavy atom. The summed E-state index contributed by atoms with van der Waals surface area (Å²) in [5, 5.41) is 6.65. The normalized spacial score (nSPS) is 10.3. The number of aryl methyl sites for hydroxylation is 1. The number of hydrogen-bond donors (Lipinski definition) is 2. The van der Waals surface area contributed by atoms with Crippen LogP contribution in [0.4, 0.5) is 17.2 Å². The summed E-state index contributed by atoms with van der Waals surface area (Å²) in [5.74, 6) is 1.68. The van der Waals surface area contributed by atoms with Gasteiger partial charge >= 0.3 is 0 Å². The van der Waals surface area contributed by atoms with E-state index in [1.807, 2.05) is 19.1 Å². The summed E-state index contributed by atoms with van der Waals surface area (Å²) in [6, 6.07) is 14.1. The van der Waals surface area contributed by atoms with Crippen LogP contribution < -0.4 is 20.1 Å². The lowest BCUT2D eigenvalue weighted by Crippen LogP contribution is -2.13. The average molecular weight is 398 g/mol. The van der Waals surface area contributed by atoms with Crippen LogP contribution >= 0.6 is 11.6 Å². The minimum atomic E-state index is -0.247. The van der Waals surface area contributed by atoms with Crippen molar-refractivity contribution in [2.75, 3.05) is 24.9 Å². The van der Waals surface area contributed by atoms with Crippen LogP contribution in [0, 0.1) is 6.92 Å². The van der Waals surface area contributed by atoms with Crippen molar-refractivity contribution in [3.63, 3.8) is 0 Å². The maximum Gasteiger partial charge on any atom is 0.257 e. The minimum Gasteiger partial charge on any atom is -0.497 e. The van der Waals surface area contributed by atoms with Crippen LogP contribution in [0.5, 0.6) is 11.5 Å². The molecule has 0 atom stereocenters. The molecule has 0 bridgehead atoms. The monoisotopic (exact) mass is 397 g/mol. The number of carbonyl (C=O) groups excluding carboxylic acids is 1. The number of pyridine rings is 1. The van der Waals surface area contributed by atoms with Crippen molar-refractivity contribution in [1.82, 2.24) is 4.98 Å². The molecular formula is C21H20ClN3O3. The predicted molar refractivity (Wildman–Crippen MR) is 111 cm³/mol. The van der Waals surface area contributed by atoms with E-state index in [1.165, 1.54) is 6.20 Å². The number of ether oxygens (including phenoxy) is 2. The first-order valence-corrected chi connectivity index (χ1v) is 8.90. The van der Waals surface area contributed by atoms with E-state index in [2.05, 4.69) is 15.6 Å². The molecule has 0 aliphatic carbocycles. The lowest BCUT2D eigenvalue weighted by Gasteiger charge is -2.12. The first kappa shape index (κ1) is 19.5. The summed E-state index contributed by atoms with van der Waals surface area (Å²) >= 11 is 5.95. The molecule has 3 rings (SSSR count). The molecule has 6 nitrogen and oxygen atoms in total. The lowest BCUT2D eigenvalue weighted by atomic mass is 10.2. The third-order valence-corrected chi connectivity index (χ3v) is 4.37. The van der Waals surface area contributed by atoms with E-state index in [0.717, 1.165) is 5.56 Å². The number of nitrogens with one attached hydrogen (secondary N) is 2. The molecule has 2 N–H and O–H groups in total. The van der Waals surface area contributed by atoms with Crippen molar-refractivity contribution in [1.29, 1.82) is 0 Å². The zero-order valence-electron chi connectivity index (χ0n) is 15.7. The molecule has 0 spiro atoms. The first-order valence-electron chi connectivity index (χ1n) is 8.53. The van der Waals surface area contributed by atoms with Gasteiger partial charge in [-0.3, -0.25) is 4.79 Å². The van der Waals surface area contributed by atoms with Gasteiger partial charge < -0.3 is 20.1 Å². The van der Waals surface area contributed by atoms with E-state index in [9.17, 15) is 4.79 Å². The van der Waals surface area contributed by atoms with Gasteiger partial charge in [0.25, 0.3) is 5.91 Å². The number of amides is 1. The maximum absolute atomic E-state index is 12.5. The summed E-state index contributed by atoms with van der Waals surface area (Å²) in [6.45, 7) is 1.88. The Morgan fingerprint density at radius 1 is 1.00 bits per heavy atom. The van der Waals surface area contributed by atoms with Gasteiger partial charge in [0.05, 0.1) is 25.5 Å². The lowest BCUT2D eigenvalue weighted by molar-refractivity contribution is 0.102. The van der Waals surface area contributed by atoms with Crippen molar-refractivity contribution >= 4 is 34.7 Å². The molecule has 0 aliphatic rings. The number of aromatic nitrogens is 1. The zero-order chi connectivity index (χ0) is 20.1. The molecule has 1 amide bonds. The Bertz CT molecular complexity index is 991. The van der Waals surface area contributed by atoms with Crippen LogP contribution in [-0.4, -0.2) is 25.1 Å². The zero-order valence-corrected chi connectivity index (χ0v) is 16.5. The van der Waals surface area contributed by atoms with Gasteiger partial charge in [-0.1, -0.05) is 11.6 Å². The van der Waals surface area contributed by atoms with Crippen LogP contribution in [0.15, 0.2) is 54.7 Å². The number of methoxy groups -OCH3 is 2. The minimum absolute atomic E-state index is 0.247. The van der Waals surface area contributed by atoms with E-state index >= 15 is 0 Å². The number of benzene rings is 2. The molecule has 0 saturated carbocycles. The fraction of sp³-hybridized carbons (Fsp3) is 0.143. The van der Waals surface area contributed by atoms with Gasteiger partial charge in [0.2, 0.25) is 0 Å². The Hall–Kier alpha value is -3.25. The SMILES string of the molecule is COc1ccc(OC)c(Nc2ccc(C(=O)Nc3ccc(Cl)cc3C)cn2)c1. The third kappa shape index (κ3) is 4.53. The van der Waals surface area contributed by atoms with Gasteiger partial charge in [-0.15, -0.1) is 0 Å². The summed E-state index contributed by atoms with van der Waals surface area (Å²) < 4.78 is 10.6.